The predicted octanol–water partition coefficient (Wildman–Crippen LogP) is 3.13. The highest BCUT2D eigenvalue weighted by atomic mass is 79.9. The number of hydrogen-bond acceptors (Lipinski definition) is 3. The van der Waals surface area contributed by atoms with E-state index in [9.17, 15) is 5.11 Å². The highest BCUT2D eigenvalue weighted by Crippen LogP contribution is 2.16. The molecule has 0 saturated heterocycles. The second kappa shape index (κ2) is 4.99. The van der Waals surface area contributed by atoms with Crippen molar-refractivity contribution >= 4 is 15.9 Å². The Labute approximate surface area is 102 Å². The summed E-state index contributed by atoms with van der Waals surface area (Å²) in [6.45, 7) is 0.414. The molecule has 4 heteroatoms. The molecule has 0 radical (unpaired) electrons. The van der Waals surface area contributed by atoms with Crippen LogP contribution in [0.15, 0.2) is 47.2 Å². The molecule has 0 aliphatic carbocycles. The van der Waals surface area contributed by atoms with Gasteiger partial charge in [0.05, 0.1) is 6.20 Å². The topological polar surface area (TPSA) is 42.4 Å². The van der Waals surface area contributed by atoms with Crippen LogP contribution < -0.4 is 4.74 Å². The molecule has 1 heterocycles. The second-order valence-electron chi connectivity index (χ2n) is 3.28. The van der Waals surface area contributed by atoms with E-state index in [0.29, 0.717) is 12.4 Å². The molecular weight excluding hydrogens is 270 g/mol. The lowest BCUT2D eigenvalue weighted by molar-refractivity contribution is 0.304. The van der Waals surface area contributed by atoms with E-state index in [2.05, 4.69) is 20.9 Å². The van der Waals surface area contributed by atoms with Gasteiger partial charge in [-0.1, -0.05) is 12.1 Å². The molecule has 16 heavy (non-hydrogen) atoms. The van der Waals surface area contributed by atoms with Crippen LogP contribution in [-0.4, -0.2) is 10.1 Å². The Hall–Kier alpha value is -1.55. The molecular formula is C12H10BrNO2. The van der Waals surface area contributed by atoms with E-state index >= 15 is 0 Å². The first-order chi connectivity index (χ1) is 7.74. The summed E-state index contributed by atoms with van der Waals surface area (Å²) in [7, 11) is 0. The van der Waals surface area contributed by atoms with Gasteiger partial charge in [0.15, 0.2) is 0 Å². The highest BCUT2D eigenvalue weighted by molar-refractivity contribution is 9.10. The average Bonchev–Trinajstić information content (AvgIpc) is 2.28. The second-order valence-corrected chi connectivity index (χ2v) is 4.09. The molecule has 2 rings (SSSR count). The quantitative estimate of drug-likeness (QED) is 0.878. The number of aromatic hydroxyl groups is 1. The minimum atomic E-state index is 0.245. The normalized spacial score (nSPS) is 10.1. The maximum atomic E-state index is 9.27. The Morgan fingerprint density at radius 3 is 2.81 bits per heavy atom. The number of ether oxygens (including phenoxy) is 1. The minimum absolute atomic E-state index is 0.245. The van der Waals surface area contributed by atoms with Crippen LogP contribution in [0, 0.1) is 0 Å². The standard InChI is InChI=1S/C12H10BrNO2/c13-12-5-4-11(7-14-12)16-8-9-2-1-3-10(15)6-9/h1-7,15H,8H2. The molecule has 0 amide bonds. The van der Waals surface area contributed by atoms with Crippen molar-refractivity contribution in [3.8, 4) is 11.5 Å². The van der Waals surface area contributed by atoms with Crippen molar-refractivity contribution < 1.29 is 9.84 Å². The summed E-state index contributed by atoms with van der Waals surface area (Å²) in [4.78, 5) is 4.05. The van der Waals surface area contributed by atoms with E-state index in [0.717, 1.165) is 10.2 Å². The number of rotatable bonds is 3. The third kappa shape index (κ3) is 2.97. The molecule has 0 aliphatic rings. The van der Waals surface area contributed by atoms with E-state index in [1.807, 2.05) is 18.2 Å². The van der Waals surface area contributed by atoms with Crippen molar-refractivity contribution in [2.45, 2.75) is 6.61 Å². The fourth-order valence-electron chi connectivity index (χ4n) is 1.26. The lowest BCUT2D eigenvalue weighted by Crippen LogP contribution is -1.95. The first-order valence-corrected chi connectivity index (χ1v) is 5.55. The summed E-state index contributed by atoms with van der Waals surface area (Å²) in [5, 5.41) is 9.27. The van der Waals surface area contributed by atoms with E-state index in [1.165, 1.54) is 0 Å². The molecule has 0 saturated carbocycles. The molecule has 1 aromatic heterocycles. The summed E-state index contributed by atoms with van der Waals surface area (Å²) in [5.74, 6) is 0.946. The van der Waals surface area contributed by atoms with Gasteiger partial charge in [-0.3, -0.25) is 0 Å². The molecule has 0 bridgehead atoms. The van der Waals surface area contributed by atoms with Crippen LogP contribution in [0.4, 0.5) is 0 Å². The molecule has 3 nitrogen and oxygen atoms in total. The van der Waals surface area contributed by atoms with E-state index in [-0.39, 0.29) is 5.75 Å². The third-order valence-corrected chi connectivity index (χ3v) is 2.49. The van der Waals surface area contributed by atoms with Crippen molar-refractivity contribution in [3.63, 3.8) is 0 Å². The smallest absolute Gasteiger partial charge is 0.138 e. The van der Waals surface area contributed by atoms with Gasteiger partial charge in [-0.25, -0.2) is 4.98 Å². The molecule has 0 fully saturated rings. The Morgan fingerprint density at radius 2 is 2.12 bits per heavy atom. The number of phenols is 1. The minimum Gasteiger partial charge on any atom is -0.508 e. The van der Waals surface area contributed by atoms with Gasteiger partial charge in [0.1, 0.15) is 22.7 Å². The monoisotopic (exact) mass is 279 g/mol. The molecule has 0 aliphatic heterocycles. The summed E-state index contributed by atoms with van der Waals surface area (Å²) in [5.41, 5.74) is 0.919. The Morgan fingerprint density at radius 1 is 1.25 bits per heavy atom. The van der Waals surface area contributed by atoms with Gasteiger partial charge in [-0.2, -0.15) is 0 Å². The van der Waals surface area contributed by atoms with Crippen LogP contribution in [0.2, 0.25) is 0 Å². The number of nitrogens with zero attached hydrogens (tertiary/aromatic N) is 1. The maximum absolute atomic E-state index is 9.27. The van der Waals surface area contributed by atoms with E-state index < -0.39 is 0 Å². The fraction of sp³-hybridized carbons (Fsp3) is 0.0833. The van der Waals surface area contributed by atoms with Crippen molar-refractivity contribution in [2.24, 2.45) is 0 Å². The van der Waals surface area contributed by atoms with Gasteiger partial charge in [-0.15, -0.1) is 0 Å². The largest absolute Gasteiger partial charge is 0.508 e. The first kappa shape index (κ1) is 11.0. The zero-order chi connectivity index (χ0) is 11.4. The number of halogens is 1. The van der Waals surface area contributed by atoms with Crippen molar-refractivity contribution in [2.75, 3.05) is 0 Å². The van der Waals surface area contributed by atoms with Crippen LogP contribution in [0.5, 0.6) is 11.5 Å². The summed E-state index contributed by atoms with van der Waals surface area (Å²) < 4.78 is 6.28. The van der Waals surface area contributed by atoms with Crippen LogP contribution >= 0.6 is 15.9 Å². The molecule has 1 N–H and O–H groups in total. The van der Waals surface area contributed by atoms with Crippen LogP contribution in [-0.2, 0) is 6.61 Å². The van der Waals surface area contributed by atoms with Gasteiger partial charge in [0.2, 0.25) is 0 Å². The molecule has 0 spiro atoms. The van der Waals surface area contributed by atoms with Gasteiger partial charge in [0, 0.05) is 0 Å². The Balaban J connectivity index is 1.99. The number of pyridine rings is 1. The summed E-state index contributed by atoms with van der Waals surface area (Å²) in [6, 6.07) is 10.6. The van der Waals surface area contributed by atoms with E-state index in [4.69, 9.17) is 4.74 Å². The highest BCUT2D eigenvalue weighted by Gasteiger charge is 1.97. The first-order valence-electron chi connectivity index (χ1n) is 4.76. The summed E-state index contributed by atoms with van der Waals surface area (Å²) >= 11 is 3.25. The average molecular weight is 280 g/mol. The molecule has 82 valence electrons. The zero-order valence-electron chi connectivity index (χ0n) is 8.43. The number of aromatic nitrogens is 1. The SMILES string of the molecule is Oc1cccc(COc2ccc(Br)nc2)c1. The van der Waals surface area contributed by atoms with Crippen LogP contribution in [0.1, 0.15) is 5.56 Å². The van der Waals surface area contributed by atoms with Gasteiger partial charge < -0.3 is 9.84 Å². The van der Waals surface area contributed by atoms with Crippen LogP contribution in [0.25, 0.3) is 0 Å². The number of phenolic OH excluding ortho intramolecular Hbond substituents is 1. The van der Waals surface area contributed by atoms with Crippen molar-refractivity contribution in [1.82, 2.24) is 4.98 Å². The number of hydrogen-bond donors (Lipinski definition) is 1. The third-order valence-electron chi connectivity index (χ3n) is 2.02. The molecule has 0 atom stereocenters. The van der Waals surface area contributed by atoms with Crippen LogP contribution in [0.3, 0.4) is 0 Å². The fourth-order valence-corrected chi connectivity index (χ4v) is 1.50. The zero-order valence-corrected chi connectivity index (χ0v) is 10.0. The Kier molecular flexibility index (Phi) is 3.41. The maximum Gasteiger partial charge on any atom is 0.138 e. The lowest BCUT2D eigenvalue weighted by Gasteiger charge is -2.05. The molecule has 2 aromatic rings. The van der Waals surface area contributed by atoms with Crippen molar-refractivity contribution in [1.29, 1.82) is 0 Å². The summed E-state index contributed by atoms with van der Waals surface area (Å²) in [6.07, 6.45) is 1.65. The number of benzene rings is 1. The predicted molar refractivity (Wildman–Crippen MR) is 64.4 cm³/mol. The van der Waals surface area contributed by atoms with Gasteiger partial charge in [0.25, 0.3) is 0 Å². The molecule has 0 unspecified atom stereocenters. The lowest BCUT2D eigenvalue weighted by atomic mass is 10.2. The van der Waals surface area contributed by atoms with Gasteiger partial charge >= 0.3 is 0 Å². The van der Waals surface area contributed by atoms with Gasteiger partial charge in [-0.05, 0) is 45.8 Å². The van der Waals surface area contributed by atoms with E-state index in [1.54, 1.807) is 24.4 Å². The van der Waals surface area contributed by atoms with Crippen molar-refractivity contribution in [3.05, 3.63) is 52.8 Å². The Bertz CT molecular complexity index is 471. The molecule has 1 aromatic carbocycles.